The Labute approximate surface area is 116 Å². The molecular formula is C14H17NO5. The number of carbonyl (C=O) groups excluding carboxylic acids is 2. The molecule has 0 bridgehead atoms. The van der Waals surface area contributed by atoms with Crippen molar-refractivity contribution in [1.82, 2.24) is 0 Å². The summed E-state index contributed by atoms with van der Waals surface area (Å²) in [6, 6.07) is 4.27. The van der Waals surface area contributed by atoms with Crippen LogP contribution in [0.5, 0.6) is 5.75 Å². The molecule has 2 unspecified atom stereocenters. The Morgan fingerprint density at radius 1 is 1.55 bits per heavy atom. The van der Waals surface area contributed by atoms with E-state index in [2.05, 4.69) is 0 Å². The first-order valence-corrected chi connectivity index (χ1v) is 6.31. The Bertz CT molecular complexity index is 542. The standard InChI is InChI=1S/C14H17NO5/c1-8(14(18)19-3)15-11-6-10(7-16)4-5-12(11)20-9(2)13(15)17/h4-6,8-9,16H,7H2,1-3H3. The molecule has 0 saturated heterocycles. The Kier molecular flexibility index (Phi) is 3.94. The van der Waals surface area contributed by atoms with E-state index < -0.39 is 18.1 Å². The molecule has 6 nitrogen and oxygen atoms in total. The van der Waals surface area contributed by atoms with E-state index in [9.17, 15) is 14.7 Å². The molecule has 1 N–H and O–H groups in total. The summed E-state index contributed by atoms with van der Waals surface area (Å²) in [5.74, 6) is -0.316. The molecule has 6 heteroatoms. The highest BCUT2D eigenvalue weighted by molar-refractivity contribution is 6.04. The quantitative estimate of drug-likeness (QED) is 0.830. The average molecular weight is 279 g/mol. The number of hydrogen-bond donors (Lipinski definition) is 1. The second-order valence-corrected chi connectivity index (χ2v) is 4.63. The zero-order valence-electron chi connectivity index (χ0n) is 11.6. The van der Waals surface area contributed by atoms with Crippen molar-refractivity contribution in [1.29, 1.82) is 0 Å². The largest absolute Gasteiger partial charge is 0.479 e. The fourth-order valence-corrected chi connectivity index (χ4v) is 2.18. The molecule has 2 rings (SSSR count). The molecule has 1 aromatic rings. The van der Waals surface area contributed by atoms with E-state index in [1.165, 1.54) is 12.0 Å². The molecule has 0 spiro atoms. The van der Waals surface area contributed by atoms with Crippen LogP contribution in [0.2, 0.25) is 0 Å². The van der Waals surface area contributed by atoms with Crippen LogP contribution < -0.4 is 9.64 Å². The van der Waals surface area contributed by atoms with Gasteiger partial charge in [0.15, 0.2) is 6.10 Å². The molecule has 0 fully saturated rings. The summed E-state index contributed by atoms with van der Waals surface area (Å²) in [7, 11) is 1.28. The van der Waals surface area contributed by atoms with Gasteiger partial charge < -0.3 is 14.6 Å². The van der Waals surface area contributed by atoms with Crippen molar-refractivity contribution in [2.45, 2.75) is 32.6 Å². The Morgan fingerprint density at radius 2 is 2.25 bits per heavy atom. The second-order valence-electron chi connectivity index (χ2n) is 4.63. The minimum absolute atomic E-state index is 0.155. The molecule has 1 aliphatic rings. The molecular weight excluding hydrogens is 262 g/mol. The predicted octanol–water partition coefficient (Wildman–Crippen LogP) is 0.854. The number of amides is 1. The van der Waals surface area contributed by atoms with Crippen LogP contribution in [0.1, 0.15) is 19.4 Å². The highest BCUT2D eigenvalue weighted by Crippen LogP contribution is 2.36. The van der Waals surface area contributed by atoms with Gasteiger partial charge in [0.1, 0.15) is 11.8 Å². The van der Waals surface area contributed by atoms with Crippen LogP contribution >= 0.6 is 0 Å². The third kappa shape index (κ3) is 2.34. The topological polar surface area (TPSA) is 76.1 Å². The first-order valence-electron chi connectivity index (χ1n) is 6.31. The fourth-order valence-electron chi connectivity index (χ4n) is 2.18. The third-order valence-corrected chi connectivity index (χ3v) is 3.28. The number of benzene rings is 1. The molecule has 0 saturated carbocycles. The van der Waals surface area contributed by atoms with Gasteiger partial charge in [0, 0.05) is 0 Å². The summed E-state index contributed by atoms with van der Waals surface area (Å²) in [5, 5.41) is 9.20. The lowest BCUT2D eigenvalue weighted by atomic mass is 10.1. The lowest BCUT2D eigenvalue weighted by Gasteiger charge is -2.35. The first kappa shape index (κ1) is 14.3. The summed E-state index contributed by atoms with van der Waals surface area (Å²) in [5.41, 5.74) is 1.11. The molecule has 0 radical (unpaired) electrons. The minimum Gasteiger partial charge on any atom is -0.479 e. The number of aliphatic hydroxyl groups excluding tert-OH is 1. The van der Waals surface area contributed by atoms with Crippen LogP contribution in [-0.2, 0) is 20.9 Å². The molecule has 20 heavy (non-hydrogen) atoms. The maximum atomic E-state index is 12.3. The monoisotopic (exact) mass is 279 g/mol. The van der Waals surface area contributed by atoms with Gasteiger partial charge in [0.2, 0.25) is 0 Å². The second kappa shape index (κ2) is 5.50. The molecule has 108 valence electrons. The summed E-state index contributed by atoms with van der Waals surface area (Å²) in [6.45, 7) is 3.07. The van der Waals surface area contributed by atoms with E-state index in [4.69, 9.17) is 9.47 Å². The molecule has 1 amide bonds. The normalized spacial score (nSPS) is 19.1. The molecule has 1 aliphatic heterocycles. The Hall–Kier alpha value is -2.08. The number of fused-ring (bicyclic) bond motifs is 1. The van der Waals surface area contributed by atoms with Crippen molar-refractivity contribution in [3.63, 3.8) is 0 Å². The highest BCUT2D eigenvalue weighted by Gasteiger charge is 2.37. The lowest BCUT2D eigenvalue weighted by molar-refractivity contribution is -0.143. The summed E-state index contributed by atoms with van der Waals surface area (Å²) in [4.78, 5) is 25.4. The predicted molar refractivity (Wildman–Crippen MR) is 71.4 cm³/mol. The van der Waals surface area contributed by atoms with Crippen molar-refractivity contribution in [2.75, 3.05) is 12.0 Å². The fraction of sp³-hybridized carbons (Fsp3) is 0.429. The van der Waals surface area contributed by atoms with Gasteiger partial charge in [-0.2, -0.15) is 0 Å². The number of hydrogen-bond acceptors (Lipinski definition) is 5. The highest BCUT2D eigenvalue weighted by atomic mass is 16.5. The molecule has 0 aromatic heterocycles. The van der Waals surface area contributed by atoms with Crippen molar-refractivity contribution < 1.29 is 24.2 Å². The molecule has 1 aromatic carbocycles. The van der Waals surface area contributed by atoms with Gasteiger partial charge in [-0.1, -0.05) is 6.07 Å². The van der Waals surface area contributed by atoms with Gasteiger partial charge in [0.25, 0.3) is 5.91 Å². The summed E-state index contributed by atoms with van der Waals surface area (Å²) in [6.07, 6.45) is -0.672. The zero-order valence-corrected chi connectivity index (χ0v) is 11.6. The molecule has 1 heterocycles. The van der Waals surface area contributed by atoms with Crippen LogP contribution in [0.4, 0.5) is 5.69 Å². The van der Waals surface area contributed by atoms with E-state index in [0.29, 0.717) is 17.0 Å². The van der Waals surface area contributed by atoms with Crippen molar-refractivity contribution in [3.05, 3.63) is 23.8 Å². The number of rotatable bonds is 3. The van der Waals surface area contributed by atoms with Gasteiger partial charge in [-0.25, -0.2) is 4.79 Å². The van der Waals surface area contributed by atoms with Crippen LogP contribution in [0.25, 0.3) is 0 Å². The van der Waals surface area contributed by atoms with Crippen LogP contribution in [-0.4, -0.2) is 36.2 Å². The Morgan fingerprint density at radius 3 is 2.85 bits per heavy atom. The maximum absolute atomic E-state index is 12.3. The zero-order chi connectivity index (χ0) is 14.9. The Balaban J connectivity index is 2.49. The molecule has 2 atom stereocenters. The minimum atomic E-state index is -0.758. The van der Waals surface area contributed by atoms with Gasteiger partial charge in [-0.3, -0.25) is 9.69 Å². The number of carbonyl (C=O) groups is 2. The van der Waals surface area contributed by atoms with Crippen molar-refractivity contribution in [2.24, 2.45) is 0 Å². The summed E-state index contributed by atoms with van der Waals surface area (Å²) >= 11 is 0. The van der Waals surface area contributed by atoms with E-state index in [-0.39, 0.29) is 12.5 Å². The first-order chi connectivity index (χ1) is 9.49. The summed E-state index contributed by atoms with van der Waals surface area (Å²) < 4.78 is 10.2. The van der Waals surface area contributed by atoms with E-state index >= 15 is 0 Å². The van der Waals surface area contributed by atoms with E-state index in [0.717, 1.165) is 0 Å². The van der Waals surface area contributed by atoms with Crippen molar-refractivity contribution >= 4 is 17.6 Å². The van der Waals surface area contributed by atoms with E-state index in [1.54, 1.807) is 32.0 Å². The lowest BCUT2D eigenvalue weighted by Crippen LogP contribution is -2.51. The van der Waals surface area contributed by atoms with Crippen molar-refractivity contribution in [3.8, 4) is 5.75 Å². The number of methoxy groups -OCH3 is 1. The van der Waals surface area contributed by atoms with Gasteiger partial charge >= 0.3 is 5.97 Å². The SMILES string of the molecule is COC(=O)C(C)N1C(=O)C(C)Oc2ccc(CO)cc21. The van der Waals surface area contributed by atoms with Gasteiger partial charge in [-0.05, 0) is 31.5 Å². The number of ether oxygens (including phenoxy) is 2. The number of aliphatic hydroxyl groups is 1. The van der Waals surface area contributed by atoms with Gasteiger partial charge in [0.05, 0.1) is 19.4 Å². The third-order valence-electron chi connectivity index (χ3n) is 3.28. The number of esters is 1. The van der Waals surface area contributed by atoms with Crippen LogP contribution in [0.3, 0.4) is 0 Å². The van der Waals surface area contributed by atoms with E-state index in [1.807, 2.05) is 0 Å². The molecule has 0 aliphatic carbocycles. The smallest absolute Gasteiger partial charge is 0.328 e. The maximum Gasteiger partial charge on any atom is 0.328 e. The van der Waals surface area contributed by atoms with Crippen LogP contribution in [0, 0.1) is 0 Å². The number of anilines is 1. The number of nitrogens with zero attached hydrogens (tertiary/aromatic N) is 1. The average Bonchev–Trinajstić information content (AvgIpc) is 2.46. The van der Waals surface area contributed by atoms with Crippen LogP contribution in [0.15, 0.2) is 18.2 Å². The van der Waals surface area contributed by atoms with Gasteiger partial charge in [-0.15, -0.1) is 0 Å².